The molecule has 0 saturated carbocycles. The van der Waals surface area contributed by atoms with Gasteiger partial charge in [-0.25, -0.2) is 4.79 Å². The Hall–Kier alpha value is -3.66. The van der Waals surface area contributed by atoms with E-state index in [9.17, 15) is 24.3 Å². The van der Waals surface area contributed by atoms with E-state index in [-0.39, 0.29) is 25.3 Å². The van der Waals surface area contributed by atoms with Crippen molar-refractivity contribution in [3.8, 4) is 5.75 Å². The first-order chi connectivity index (χ1) is 13.8. The number of esters is 1. The number of aromatic nitrogens is 1. The van der Waals surface area contributed by atoms with Crippen LogP contribution in [0.25, 0.3) is 0 Å². The van der Waals surface area contributed by atoms with Gasteiger partial charge in [0, 0.05) is 5.56 Å². The second kappa shape index (κ2) is 8.15. The minimum absolute atomic E-state index is 0.00283. The maximum absolute atomic E-state index is 13.0. The summed E-state index contributed by atoms with van der Waals surface area (Å²) in [4.78, 5) is 47.7. The maximum Gasteiger partial charge on any atom is 0.337 e. The molecule has 10 heteroatoms. The lowest BCUT2D eigenvalue weighted by Gasteiger charge is -2.16. The molecular weight excluding hydrogens is 384 g/mol. The predicted molar refractivity (Wildman–Crippen MR) is 97.7 cm³/mol. The molecule has 2 heterocycles. The highest BCUT2D eigenvalue weighted by Gasteiger charge is 2.29. The molecule has 10 nitrogen and oxygen atoms in total. The lowest BCUT2D eigenvalue weighted by molar-refractivity contribution is -0.135. The first-order valence-electron chi connectivity index (χ1n) is 8.56. The van der Waals surface area contributed by atoms with Gasteiger partial charge in [0.1, 0.15) is 17.9 Å². The average Bonchev–Trinajstić information content (AvgIpc) is 3.19. The van der Waals surface area contributed by atoms with Gasteiger partial charge in [-0.3, -0.25) is 14.4 Å². The summed E-state index contributed by atoms with van der Waals surface area (Å²) >= 11 is 0. The summed E-state index contributed by atoms with van der Waals surface area (Å²) in [6, 6.07) is 6.44. The Kier molecular flexibility index (Phi) is 5.64. The molecule has 1 aliphatic rings. The van der Waals surface area contributed by atoms with Gasteiger partial charge >= 0.3 is 11.9 Å². The van der Waals surface area contributed by atoms with E-state index >= 15 is 0 Å². The van der Waals surface area contributed by atoms with Crippen LogP contribution in [0.1, 0.15) is 37.5 Å². The van der Waals surface area contributed by atoms with Gasteiger partial charge in [-0.05, 0) is 17.7 Å². The number of aliphatic carboxylic acids is 1. The van der Waals surface area contributed by atoms with Crippen molar-refractivity contribution >= 4 is 17.8 Å². The number of amides is 1. The summed E-state index contributed by atoms with van der Waals surface area (Å²) in [6.07, 6.45) is 0. The number of nitrogens with zero attached hydrogens (tertiary/aromatic N) is 1. The quantitative estimate of drug-likeness (QED) is 0.583. The third-order valence-corrected chi connectivity index (χ3v) is 4.46. The Morgan fingerprint density at radius 2 is 2.03 bits per heavy atom. The zero-order valence-electron chi connectivity index (χ0n) is 15.4. The molecule has 0 unspecified atom stereocenters. The van der Waals surface area contributed by atoms with E-state index in [0.717, 1.165) is 0 Å². The van der Waals surface area contributed by atoms with E-state index in [1.807, 2.05) is 0 Å². The fraction of sp³-hybridized carbons (Fsp3) is 0.263. The molecule has 2 aromatic rings. The number of hydrogen-bond donors (Lipinski definition) is 3. The number of pyridine rings is 1. The molecule has 0 spiro atoms. The zero-order valence-corrected chi connectivity index (χ0v) is 15.4. The van der Waals surface area contributed by atoms with Crippen molar-refractivity contribution in [2.75, 3.05) is 13.7 Å². The van der Waals surface area contributed by atoms with Crippen LogP contribution in [0.4, 0.5) is 0 Å². The Morgan fingerprint density at radius 3 is 2.72 bits per heavy atom. The van der Waals surface area contributed by atoms with Gasteiger partial charge in [0.15, 0.2) is 0 Å². The molecule has 0 atom stereocenters. The minimum Gasteiger partial charge on any atom is -0.506 e. The Morgan fingerprint density at radius 1 is 1.28 bits per heavy atom. The van der Waals surface area contributed by atoms with Gasteiger partial charge in [-0.2, -0.15) is 0 Å². The molecule has 0 aliphatic carbocycles. The summed E-state index contributed by atoms with van der Waals surface area (Å²) in [5.41, 5.74) is 0.230. The molecule has 1 aliphatic heterocycles. The number of carboxylic acids is 1. The molecule has 1 aromatic carbocycles. The summed E-state index contributed by atoms with van der Waals surface area (Å²) in [5, 5.41) is 21.2. The van der Waals surface area contributed by atoms with Gasteiger partial charge in [0.05, 0.1) is 38.1 Å². The molecule has 0 fully saturated rings. The van der Waals surface area contributed by atoms with Gasteiger partial charge < -0.3 is 29.6 Å². The van der Waals surface area contributed by atoms with Crippen LogP contribution >= 0.6 is 0 Å². The first-order valence-corrected chi connectivity index (χ1v) is 8.56. The van der Waals surface area contributed by atoms with Gasteiger partial charge in [-0.1, -0.05) is 12.1 Å². The second-order valence-corrected chi connectivity index (χ2v) is 6.30. The summed E-state index contributed by atoms with van der Waals surface area (Å²) in [6.45, 7) is -0.629. The Labute approximate surface area is 164 Å². The largest absolute Gasteiger partial charge is 0.506 e. The molecule has 29 heavy (non-hydrogen) atoms. The minimum atomic E-state index is -1.29. The van der Waals surface area contributed by atoms with Crippen molar-refractivity contribution in [3.05, 3.63) is 62.6 Å². The number of methoxy groups -OCH3 is 1. The number of ether oxygens (including phenoxy) is 2. The Balaban J connectivity index is 2.05. The van der Waals surface area contributed by atoms with E-state index in [2.05, 4.69) is 5.32 Å². The standard InChI is InChI=1S/C19H18N2O8/c1-28-19(27)11-4-2-3-10(5-11)7-21-13-9-29-8-12(13)16(24)15(18(21)26)17(25)20-6-14(22)23/h2-5,24H,6-9H2,1H3,(H,20,25)(H,22,23). The molecular formula is C19H18N2O8. The fourth-order valence-corrected chi connectivity index (χ4v) is 3.09. The van der Waals surface area contributed by atoms with Crippen LogP contribution in [0.2, 0.25) is 0 Å². The number of carboxylic acid groups (broad SMARTS) is 1. The number of carbonyl (C=O) groups excluding carboxylic acids is 2. The first kappa shape index (κ1) is 20.1. The molecule has 1 aromatic heterocycles. The monoisotopic (exact) mass is 402 g/mol. The number of benzene rings is 1. The SMILES string of the molecule is COC(=O)c1cccc(Cn2c3c(c(O)c(C(=O)NCC(=O)O)c2=O)COC3)c1. The number of fused-ring (bicyclic) bond motifs is 1. The van der Waals surface area contributed by atoms with Crippen molar-refractivity contribution in [2.45, 2.75) is 19.8 Å². The molecule has 0 radical (unpaired) electrons. The van der Waals surface area contributed by atoms with Crippen molar-refractivity contribution < 1.29 is 34.1 Å². The normalized spacial score (nSPS) is 12.3. The second-order valence-electron chi connectivity index (χ2n) is 6.30. The van der Waals surface area contributed by atoms with Crippen LogP contribution < -0.4 is 10.9 Å². The third kappa shape index (κ3) is 3.97. The van der Waals surface area contributed by atoms with Gasteiger partial charge in [-0.15, -0.1) is 0 Å². The van der Waals surface area contributed by atoms with Crippen LogP contribution in [0.5, 0.6) is 5.75 Å². The topological polar surface area (TPSA) is 144 Å². The highest BCUT2D eigenvalue weighted by Crippen LogP contribution is 2.30. The van der Waals surface area contributed by atoms with Crippen molar-refractivity contribution in [2.24, 2.45) is 0 Å². The maximum atomic E-state index is 13.0. The summed E-state index contributed by atoms with van der Waals surface area (Å²) in [5.74, 6) is -3.35. The van der Waals surface area contributed by atoms with Gasteiger partial charge in [0.25, 0.3) is 11.5 Å². The van der Waals surface area contributed by atoms with Crippen molar-refractivity contribution in [3.63, 3.8) is 0 Å². The van der Waals surface area contributed by atoms with Crippen LogP contribution in [-0.4, -0.2) is 46.3 Å². The van der Waals surface area contributed by atoms with E-state index in [4.69, 9.17) is 14.6 Å². The van der Waals surface area contributed by atoms with Crippen LogP contribution in [0, 0.1) is 0 Å². The molecule has 0 bridgehead atoms. The van der Waals surface area contributed by atoms with E-state index in [0.29, 0.717) is 16.8 Å². The lowest BCUT2D eigenvalue weighted by Crippen LogP contribution is -2.37. The van der Waals surface area contributed by atoms with Crippen LogP contribution in [0.15, 0.2) is 29.1 Å². The van der Waals surface area contributed by atoms with Crippen molar-refractivity contribution in [1.82, 2.24) is 9.88 Å². The number of rotatable bonds is 6. The molecule has 0 saturated heterocycles. The van der Waals surface area contributed by atoms with Crippen LogP contribution in [0.3, 0.4) is 0 Å². The van der Waals surface area contributed by atoms with Crippen molar-refractivity contribution in [1.29, 1.82) is 0 Å². The Bertz CT molecular complexity index is 1060. The fourth-order valence-electron chi connectivity index (χ4n) is 3.09. The molecule has 3 N–H and O–H groups in total. The highest BCUT2D eigenvalue weighted by atomic mass is 16.5. The number of aromatic hydroxyl groups is 1. The van der Waals surface area contributed by atoms with E-state index in [1.54, 1.807) is 24.3 Å². The van der Waals surface area contributed by atoms with Gasteiger partial charge in [0.2, 0.25) is 0 Å². The lowest BCUT2D eigenvalue weighted by atomic mass is 10.1. The number of nitrogens with one attached hydrogen (secondary N) is 1. The van der Waals surface area contributed by atoms with Crippen LogP contribution in [-0.2, 0) is 34.0 Å². The summed E-state index contributed by atoms with van der Waals surface area (Å²) in [7, 11) is 1.26. The predicted octanol–water partition coefficient (Wildman–Crippen LogP) is 0.233. The molecule has 3 rings (SSSR count). The van der Waals surface area contributed by atoms with E-state index < -0.39 is 41.3 Å². The molecule has 1 amide bonds. The average molecular weight is 402 g/mol. The van der Waals surface area contributed by atoms with E-state index in [1.165, 1.54) is 11.7 Å². The number of carbonyl (C=O) groups is 3. The smallest absolute Gasteiger partial charge is 0.337 e. The summed E-state index contributed by atoms with van der Waals surface area (Å²) < 4.78 is 11.3. The highest BCUT2D eigenvalue weighted by molar-refractivity contribution is 5.98. The molecule has 152 valence electrons. The zero-order chi connectivity index (χ0) is 21.1. The number of hydrogen-bond acceptors (Lipinski definition) is 7. The third-order valence-electron chi connectivity index (χ3n) is 4.46.